The molecule has 68 valence electrons. The number of ether oxygens (including phenoxy) is 1. The fourth-order valence-corrected chi connectivity index (χ4v) is 6.35. The predicted molar refractivity (Wildman–Crippen MR) is 49.9 cm³/mol. The molecule has 3 fully saturated rings. The molecule has 3 heteroatoms. The van der Waals surface area contributed by atoms with E-state index in [1.165, 1.54) is 0 Å². The molecule has 3 aliphatic heterocycles. The van der Waals surface area contributed by atoms with Crippen molar-refractivity contribution in [2.45, 2.75) is 35.5 Å². The maximum Gasteiger partial charge on any atom is 0.135 e. The van der Waals surface area contributed by atoms with Gasteiger partial charge in [-0.2, -0.15) is 0 Å². The van der Waals surface area contributed by atoms with Gasteiger partial charge < -0.3 is 4.74 Å². The molecule has 12 heavy (non-hydrogen) atoms. The van der Waals surface area contributed by atoms with Crippen LogP contribution in [-0.2, 0) is 9.53 Å². The number of hydrogen-bond acceptors (Lipinski definition) is 2. The van der Waals surface area contributed by atoms with Crippen LogP contribution in [0.25, 0.3) is 0 Å². The molecule has 4 unspecified atom stereocenters. The smallest absolute Gasteiger partial charge is 0.135 e. The van der Waals surface area contributed by atoms with Gasteiger partial charge in [-0.3, -0.25) is 4.79 Å². The van der Waals surface area contributed by atoms with Crippen molar-refractivity contribution in [3.05, 3.63) is 0 Å². The Balaban J connectivity index is 2.01. The second-order valence-electron chi connectivity index (χ2n) is 4.58. The van der Waals surface area contributed by atoms with E-state index in [0.29, 0.717) is 28.5 Å². The van der Waals surface area contributed by atoms with Crippen molar-refractivity contribution in [2.24, 2.45) is 0 Å². The molecule has 0 aliphatic carbocycles. The maximum atomic E-state index is 11.3. The Bertz CT molecular complexity index is 239. The zero-order chi connectivity index (χ0) is 8.51. The van der Waals surface area contributed by atoms with Crippen LogP contribution in [-0.4, -0.2) is 41.0 Å². The number of rotatable bonds is 0. The molecule has 2 nitrogen and oxygen atoms in total. The number of carbonyl (C=O) groups is 1. The first-order chi connectivity index (χ1) is 5.60. The zero-order valence-electron chi connectivity index (χ0n) is 7.45. The van der Waals surface area contributed by atoms with Gasteiger partial charge in [0.25, 0.3) is 0 Å². The zero-order valence-corrected chi connectivity index (χ0v) is 8.26. The summed E-state index contributed by atoms with van der Waals surface area (Å²) in [6.07, 6.45) is 7.33. The number of epoxide rings is 1. The van der Waals surface area contributed by atoms with E-state index < -0.39 is 10.0 Å². The van der Waals surface area contributed by atoms with E-state index >= 15 is 0 Å². The van der Waals surface area contributed by atoms with E-state index in [4.69, 9.17) is 4.74 Å². The summed E-state index contributed by atoms with van der Waals surface area (Å²) < 4.78 is 5.57. The van der Waals surface area contributed by atoms with Crippen molar-refractivity contribution in [1.82, 2.24) is 0 Å². The highest BCUT2D eigenvalue weighted by atomic mass is 32.3. The van der Waals surface area contributed by atoms with Crippen LogP contribution in [0, 0.1) is 0 Å². The van der Waals surface area contributed by atoms with Crippen LogP contribution in [0.2, 0.25) is 0 Å². The third kappa shape index (κ3) is 0.697. The molecule has 4 atom stereocenters. The second-order valence-corrected chi connectivity index (χ2v) is 8.76. The Labute approximate surface area is 74.0 Å². The highest BCUT2D eigenvalue weighted by Crippen LogP contribution is 2.69. The lowest BCUT2D eigenvalue weighted by atomic mass is 10.2. The van der Waals surface area contributed by atoms with Crippen LogP contribution >= 0.6 is 10.0 Å². The standard InChI is InChI=1S/C9H14O2S/c1-12(2)6-3-5(10)4-7(12)9-8(6)11-9/h6-9H,3-4H2,1-2H3. The van der Waals surface area contributed by atoms with E-state index in [1.54, 1.807) is 0 Å². The van der Waals surface area contributed by atoms with Crippen molar-refractivity contribution < 1.29 is 9.53 Å². The third-order valence-electron chi connectivity index (χ3n) is 3.71. The summed E-state index contributed by atoms with van der Waals surface area (Å²) in [4.78, 5) is 11.3. The minimum absolute atomic E-state index is 0.478. The summed E-state index contributed by atoms with van der Waals surface area (Å²) in [7, 11) is -0.507. The summed E-state index contributed by atoms with van der Waals surface area (Å²) in [5.74, 6) is 0.479. The lowest BCUT2D eigenvalue weighted by molar-refractivity contribution is -0.119. The lowest BCUT2D eigenvalue weighted by Gasteiger charge is -2.44. The Kier molecular flexibility index (Phi) is 1.17. The Morgan fingerprint density at radius 2 is 1.75 bits per heavy atom. The summed E-state index contributed by atoms with van der Waals surface area (Å²) in [6, 6.07) is 0. The van der Waals surface area contributed by atoms with Crippen molar-refractivity contribution in [3.8, 4) is 0 Å². The first-order valence-corrected chi connectivity index (χ1v) is 7.06. The van der Waals surface area contributed by atoms with Crippen LogP contribution in [0.1, 0.15) is 12.8 Å². The van der Waals surface area contributed by atoms with Gasteiger partial charge in [0, 0.05) is 23.3 Å². The van der Waals surface area contributed by atoms with Crippen molar-refractivity contribution >= 4 is 15.8 Å². The van der Waals surface area contributed by atoms with E-state index in [-0.39, 0.29) is 0 Å². The molecule has 0 aromatic carbocycles. The maximum absolute atomic E-state index is 11.3. The second kappa shape index (κ2) is 1.90. The average molecular weight is 186 g/mol. The van der Waals surface area contributed by atoms with E-state index in [2.05, 4.69) is 12.5 Å². The Morgan fingerprint density at radius 1 is 1.25 bits per heavy atom. The summed E-state index contributed by atoms with van der Waals surface area (Å²) in [5, 5.41) is 1.21. The minimum atomic E-state index is -0.507. The summed E-state index contributed by atoms with van der Waals surface area (Å²) >= 11 is 0. The molecule has 3 rings (SSSR count). The van der Waals surface area contributed by atoms with Crippen molar-refractivity contribution in [2.75, 3.05) is 12.5 Å². The van der Waals surface area contributed by atoms with E-state index in [9.17, 15) is 4.79 Å². The van der Waals surface area contributed by atoms with Gasteiger partial charge in [-0.05, 0) is 12.5 Å². The molecule has 0 aromatic rings. The Hall–Kier alpha value is -0.0200. The topological polar surface area (TPSA) is 29.6 Å². The predicted octanol–water partition coefficient (Wildman–Crippen LogP) is 0.932. The molecular weight excluding hydrogens is 172 g/mol. The summed E-state index contributed by atoms with van der Waals surface area (Å²) in [5.41, 5.74) is 0. The quantitative estimate of drug-likeness (QED) is 0.527. The van der Waals surface area contributed by atoms with Crippen LogP contribution in [0.3, 0.4) is 0 Å². The van der Waals surface area contributed by atoms with Gasteiger partial charge in [-0.15, -0.1) is 0 Å². The first kappa shape index (κ1) is 7.39. The number of fused-ring (bicyclic) bond motifs is 5. The molecule has 0 radical (unpaired) electrons. The lowest BCUT2D eigenvalue weighted by Crippen LogP contribution is -2.34. The van der Waals surface area contributed by atoms with Crippen molar-refractivity contribution in [1.29, 1.82) is 0 Å². The third-order valence-corrected chi connectivity index (χ3v) is 7.70. The van der Waals surface area contributed by atoms with Gasteiger partial charge in [0.2, 0.25) is 0 Å². The van der Waals surface area contributed by atoms with Gasteiger partial charge in [0.05, 0.1) is 12.2 Å². The van der Waals surface area contributed by atoms with Gasteiger partial charge >= 0.3 is 0 Å². The van der Waals surface area contributed by atoms with Gasteiger partial charge in [-0.25, -0.2) is 10.0 Å². The highest BCUT2D eigenvalue weighted by Gasteiger charge is 2.65. The molecule has 0 N–H and O–H groups in total. The van der Waals surface area contributed by atoms with Crippen LogP contribution in [0.15, 0.2) is 0 Å². The largest absolute Gasteiger partial charge is 0.367 e. The normalized spacial score (nSPS) is 56.3. The summed E-state index contributed by atoms with van der Waals surface area (Å²) in [6.45, 7) is 0. The fraction of sp³-hybridized carbons (Fsp3) is 0.889. The highest BCUT2D eigenvalue weighted by molar-refractivity contribution is 8.34. The molecule has 0 amide bonds. The van der Waals surface area contributed by atoms with Crippen LogP contribution < -0.4 is 0 Å². The molecular formula is C9H14O2S. The van der Waals surface area contributed by atoms with E-state index in [0.717, 1.165) is 12.8 Å². The van der Waals surface area contributed by atoms with Crippen molar-refractivity contribution in [3.63, 3.8) is 0 Å². The fourth-order valence-electron chi connectivity index (χ4n) is 2.84. The Morgan fingerprint density at radius 3 is 2.25 bits per heavy atom. The molecule has 0 saturated carbocycles. The molecule has 2 bridgehead atoms. The first-order valence-electron chi connectivity index (χ1n) is 4.49. The number of ketones is 1. The molecule has 0 spiro atoms. The van der Waals surface area contributed by atoms with Gasteiger partial charge in [0.1, 0.15) is 5.78 Å². The number of carbonyl (C=O) groups excluding carboxylic acids is 1. The van der Waals surface area contributed by atoms with Crippen LogP contribution in [0.5, 0.6) is 0 Å². The molecule has 3 aliphatic rings. The molecule has 3 heterocycles. The molecule has 3 saturated heterocycles. The monoisotopic (exact) mass is 186 g/mol. The minimum Gasteiger partial charge on any atom is -0.367 e. The van der Waals surface area contributed by atoms with Gasteiger partial charge in [-0.1, -0.05) is 0 Å². The number of hydrogen-bond donors (Lipinski definition) is 0. The molecule has 0 aromatic heterocycles. The SMILES string of the molecule is CS1(C)C2CC(=O)CC1C1OC12. The van der Waals surface area contributed by atoms with Crippen LogP contribution in [0.4, 0.5) is 0 Å². The van der Waals surface area contributed by atoms with Gasteiger partial charge in [0.15, 0.2) is 0 Å². The average Bonchev–Trinajstić information content (AvgIpc) is 2.66. The van der Waals surface area contributed by atoms with E-state index in [1.807, 2.05) is 0 Å². The number of Topliss-reactive ketones (excluding diaryl/α,β-unsaturated/α-hetero) is 1.